The lowest BCUT2D eigenvalue weighted by Gasteiger charge is -2.35. The minimum atomic E-state index is -4.39. The number of halogens is 4. The Morgan fingerprint density at radius 1 is 1.26 bits per heavy atom. The number of ether oxygens (including phenoxy) is 1. The fourth-order valence-corrected chi connectivity index (χ4v) is 5.48. The molecule has 0 unspecified atom stereocenters. The van der Waals surface area contributed by atoms with Gasteiger partial charge in [0.25, 0.3) is 5.19 Å². The lowest BCUT2D eigenvalue weighted by atomic mass is 9.81. The average Bonchev–Trinajstić information content (AvgIpc) is 3.33. The third-order valence-corrected chi connectivity index (χ3v) is 7.52. The molecule has 4 rings (SSSR count). The van der Waals surface area contributed by atoms with Gasteiger partial charge in [0.1, 0.15) is 5.67 Å². The number of alkyl halides is 4. The molecule has 0 spiro atoms. The molecule has 13 heteroatoms. The number of fused-ring (bicyclic) bond motifs is 1. The van der Waals surface area contributed by atoms with Gasteiger partial charge in [0.05, 0.1) is 12.1 Å². The molecule has 1 aliphatic carbocycles. The molecule has 0 radical (unpaired) electrons. The van der Waals surface area contributed by atoms with Crippen LogP contribution in [0.4, 0.5) is 17.6 Å². The Hall–Kier alpha value is -2.28. The number of hydrogen-bond donors (Lipinski definition) is 1. The lowest BCUT2D eigenvalue weighted by molar-refractivity contribution is -0.153. The Morgan fingerprint density at radius 3 is 2.69 bits per heavy atom. The highest BCUT2D eigenvalue weighted by Crippen LogP contribution is 2.36. The molecule has 0 aromatic carbocycles. The maximum absolute atomic E-state index is 15.4. The SMILES string of the molecule is Cc1nc(CC(=O)N[C@H]2CC[C@](F)(CCN3CCc4nc(OCC(F)(F)F)sc4CC3)CC2)no1. The lowest BCUT2D eigenvalue weighted by Crippen LogP contribution is -2.43. The van der Waals surface area contributed by atoms with E-state index in [0.29, 0.717) is 76.3 Å². The highest BCUT2D eigenvalue weighted by atomic mass is 32.1. The molecule has 35 heavy (non-hydrogen) atoms. The van der Waals surface area contributed by atoms with Gasteiger partial charge >= 0.3 is 6.18 Å². The monoisotopic (exact) mass is 519 g/mol. The highest BCUT2D eigenvalue weighted by Gasteiger charge is 2.36. The van der Waals surface area contributed by atoms with Gasteiger partial charge in [-0.15, -0.1) is 0 Å². The minimum absolute atomic E-state index is 0.0415. The van der Waals surface area contributed by atoms with Gasteiger partial charge in [-0.25, -0.2) is 9.37 Å². The summed E-state index contributed by atoms with van der Waals surface area (Å²) in [7, 11) is 0. The van der Waals surface area contributed by atoms with Crippen molar-refractivity contribution in [2.24, 2.45) is 0 Å². The summed E-state index contributed by atoms with van der Waals surface area (Å²) in [4.78, 5) is 23.6. The van der Waals surface area contributed by atoms with E-state index in [1.807, 2.05) is 0 Å². The first-order chi connectivity index (χ1) is 16.6. The largest absolute Gasteiger partial charge is 0.460 e. The van der Waals surface area contributed by atoms with E-state index in [4.69, 9.17) is 9.26 Å². The Morgan fingerprint density at radius 2 is 2.00 bits per heavy atom. The average molecular weight is 520 g/mol. The molecule has 1 amide bonds. The van der Waals surface area contributed by atoms with Crippen molar-refractivity contribution in [2.45, 2.75) is 76.2 Å². The summed E-state index contributed by atoms with van der Waals surface area (Å²) in [5.41, 5.74) is -0.489. The molecule has 8 nitrogen and oxygen atoms in total. The van der Waals surface area contributed by atoms with E-state index in [9.17, 15) is 18.0 Å². The summed E-state index contributed by atoms with van der Waals surface area (Å²) in [6.45, 7) is 2.31. The van der Waals surface area contributed by atoms with Crippen LogP contribution in [0.3, 0.4) is 0 Å². The third kappa shape index (κ3) is 7.60. The number of carbonyl (C=O) groups excluding carboxylic acids is 1. The van der Waals surface area contributed by atoms with E-state index >= 15 is 4.39 Å². The van der Waals surface area contributed by atoms with E-state index in [-0.39, 0.29) is 23.6 Å². The second kappa shape index (κ2) is 10.8. The molecule has 3 heterocycles. The van der Waals surface area contributed by atoms with Crippen LogP contribution in [0.5, 0.6) is 5.19 Å². The summed E-state index contributed by atoms with van der Waals surface area (Å²) in [5, 5.41) is 6.71. The number of rotatable bonds is 8. The molecule has 2 aromatic rings. The van der Waals surface area contributed by atoms with Crippen molar-refractivity contribution < 1.29 is 31.6 Å². The van der Waals surface area contributed by atoms with E-state index in [1.165, 1.54) is 0 Å². The van der Waals surface area contributed by atoms with Crippen LogP contribution in [0, 0.1) is 6.92 Å². The van der Waals surface area contributed by atoms with Crippen molar-refractivity contribution in [1.82, 2.24) is 25.3 Å². The Kier molecular flexibility index (Phi) is 7.94. The fourth-order valence-electron chi connectivity index (χ4n) is 4.54. The molecular weight excluding hydrogens is 490 g/mol. The van der Waals surface area contributed by atoms with Gasteiger partial charge in [0, 0.05) is 43.9 Å². The first-order valence-corrected chi connectivity index (χ1v) is 12.6. The number of amides is 1. The van der Waals surface area contributed by atoms with Crippen LogP contribution in [0.15, 0.2) is 4.52 Å². The first kappa shape index (κ1) is 25.8. The molecule has 194 valence electrons. The van der Waals surface area contributed by atoms with Crippen molar-refractivity contribution in [2.75, 3.05) is 26.2 Å². The van der Waals surface area contributed by atoms with Gasteiger partial charge in [-0.1, -0.05) is 16.5 Å². The standard InChI is InChI=1S/C22H29F4N5O3S/c1-14-27-18(30-34-14)12-19(32)28-15-2-6-21(23,7-3-15)8-11-31-9-4-16-17(5-10-31)35-20(29-16)33-13-22(24,25)26/h15H,2-13H2,1H3,(H,28,32)/t15-,21+. The first-order valence-electron chi connectivity index (χ1n) is 11.7. The predicted molar refractivity (Wildman–Crippen MR) is 119 cm³/mol. The van der Waals surface area contributed by atoms with E-state index in [1.54, 1.807) is 6.92 Å². The van der Waals surface area contributed by atoms with Gasteiger partial charge in [-0.2, -0.15) is 18.2 Å². The van der Waals surface area contributed by atoms with Crippen LogP contribution in [0.2, 0.25) is 0 Å². The van der Waals surface area contributed by atoms with Gasteiger partial charge < -0.3 is 19.5 Å². The Labute approximate surface area is 204 Å². The van der Waals surface area contributed by atoms with E-state index in [0.717, 1.165) is 21.9 Å². The zero-order valence-corrected chi connectivity index (χ0v) is 20.3. The molecule has 0 atom stereocenters. The fraction of sp³-hybridized carbons (Fsp3) is 0.727. The number of carbonyl (C=O) groups is 1. The van der Waals surface area contributed by atoms with Crippen molar-refractivity contribution in [3.63, 3.8) is 0 Å². The summed E-state index contributed by atoms with van der Waals surface area (Å²) in [6.07, 6.45) is -0.725. The van der Waals surface area contributed by atoms with Crippen molar-refractivity contribution in [3.8, 4) is 5.19 Å². The highest BCUT2D eigenvalue weighted by molar-refractivity contribution is 7.13. The zero-order chi connectivity index (χ0) is 25.1. The summed E-state index contributed by atoms with van der Waals surface area (Å²) in [6, 6.07) is -0.0617. The third-order valence-electron chi connectivity index (χ3n) is 6.45. The maximum atomic E-state index is 15.4. The normalized spacial score (nSPS) is 23.5. The van der Waals surface area contributed by atoms with E-state index < -0.39 is 18.5 Å². The molecule has 2 aromatic heterocycles. The predicted octanol–water partition coefficient (Wildman–Crippen LogP) is 3.58. The van der Waals surface area contributed by atoms with Gasteiger partial charge in [0.2, 0.25) is 11.8 Å². The number of nitrogens with one attached hydrogen (secondary N) is 1. The summed E-state index contributed by atoms with van der Waals surface area (Å²) < 4.78 is 62.2. The van der Waals surface area contributed by atoms with Crippen LogP contribution in [-0.4, -0.2) is 70.1 Å². The van der Waals surface area contributed by atoms with Crippen molar-refractivity contribution >= 4 is 17.2 Å². The van der Waals surface area contributed by atoms with Crippen molar-refractivity contribution in [1.29, 1.82) is 0 Å². The molecule has 1 N–H and O–H groups in total. The summed E-state index contributed by atoms with van der Waals surface area (Å²) >= 11 is 1.16. The van der Waals surface area contributed by atoms with Gasteiger partial charge in [-0.3, -0.25) is 4.79 Å². The number of nitrogens with zero attached hydrogens (tertiary/aromatic N) is 4. The van der Waals surface area contributed by atoms with Crippen LogP contribution in [0.1, 0.15) is 54.4 Å². The van der Waals surface area contributed by atoms with Crippen molar-refractivity contribution in [3.05, 3.63) is 22.3 Å². The molecule has 2 aliphatic rings. The van der Waals surface area contributed by atoms with Crippen LogP contribution in [-0.2, 0) is 24.1 Å². The number of aryl methyl sites for hydroxylation is 1. The number of thiazole rings is 1. The quantitative estimate of drug-likeness (QED) is 0.533. The molecule has 0 bridgehead atoms. The molecule has 1 saturated carbocycles. The van der Waals surface area contributed by atoms with Gasteiger partial charge in [-0.05, 0) is 38.5 Å². The second-order valence-electron chi connectivity index (χ2n) is 9.24. The molecular formula is C22H29F4N5O3S. The molecule has 1 aliphatic heterocycles. The number of aromatic nitrogens is 3. The van der Waals surface area contributed by atoms with Crippen LogP contribution < -0.4 is 10.1 Å². The Balaban J connectivity index is 1.17. The van der Waals surface area contributed by atoms with E-state index in [2.05, 4.69) is 25.3 Å². The smallest absolute Gasteiger partial charge is 0.422 e. The van der Waals surface area contributed by atoms with Gasteiger partial charge in [0.15, 0.2) is 12.4 Å². The Bertz CT molecular complexity index is 978. The molecule has 0 saturated heterocycles. The number of hydrogen-bond acceptors (Lipinski definition) is 8. The second-order valence-corrected chi connectivity index (χ2v) is 10.3. The summed E-state index contributed by atoms with van der Waals surface area (Å²) in [5.74, 6) is 0.547. The van der Waals surface area contributed by atoms with Crippen LogP contribution in [0.25, 0.3) is 0 Å². The maximum Gasteiger partial charge on any atom is 0.422 e. The minimum Gasteiger partial charge on any atom is -0.460 e. The zero-order valence-electron chi connectivity index (χ0n) is 19.5. The van der Waals surface area contributed by atoms with Crippen LogP contribution >= 0.6 is 11.3 Å². The molecule has 1 fully saturated rings. The topological polar surface area (TPSA) is 93.4 Å².